The first-order valence-electron chi connectivity index (χ1n) is 12.7. The maximum Gasteiger partial charge on any atom is 0.530 e. The number of aryl methyl sites for hydroxylation is 6. The minimum atomic E-state index is -1.77. The Labute approximate surface area is 220 Å². The van der Waals surface area contributed by atoms with Crippen LogP contribution >= 0.6 is 8.60 Å². The molecule has 0 amide bonds. The zero-order valence-corrected chi connectivity index (χ0v) is 25.1. The van der Waals surface area contributed by atoms with Gasteiger partial charge in [0.25, 0.3) is 0 Å². The first-order valence-corrected chi connectivity index (χ1v) is 13.8. The topological polar surface area (TPSA) is 27.7 Å². The molecule has 0 bridgehead atoms. The van der Waals surface area contributed by atoms with Crippen molar-refractivity contribution < 1.29 is 13.6 Å². The van der Waals surface area contributed by atoms with Crippen LogP contribution in [0.5, 0.6) is 17.2 Å². The summed E-state index contributed by atoms with van der Waals surface area (Å²) < 4.78 is 19.8. The zero-order valence-electron chi connectivity index (χ0n) is 24.2. The smallest absolute Gasteiger partial charge is 0.408 e. The van der Waals surface area contributed by atoms with Gasteiger partial charge in [0.15, 0.2) is 0 Å². The fraction of sp³-hybridized carbons (Fsp3) is 0.438. The van der Waals surface area contributed by atoms with Gasteiger partial charge < -0.3 is 13.6 Å². The third-order valence-electron chi connectivity index (χ3n) is 6.37. The molecule has 0 radical (unpaired) electrons. The van der Waals surface area contributed by atoms with Crippen LogP contribution in [0.15, 0.2) is 42.5 Å². The van der Waals surface area contributed by atoms with Gasteiger partial charge >= 0.3 is 8.60 Å². The molecule has 0 atom stereocenters. The largest absolute Gasteiger partial charge is 0.530 e. The Morgan fingerprint density at radius 3 is 1.31 bits per heavy atom. The Bertz CT molecular complexity index is 1140. The van der Waals surface area contributed by atoms with Crippen LogP contribution in [-0.4, -0.2) is 0 Å². The molecule has 0 aliphatic carbocycles. The molecule has 4 heteroatoms. The predicted octanol–water partition coefficient (Wildman–Crippen LogP) is 9.90. The van der Waals surface area contributed by atoms with Gasteiger partial charge in [-0.25, -0.2) is 0 Å². The highest BCUT2D eigenvalue weighted by Crippen LogP contribution is 2.48. The van der Waals surface area contributed by atoms with E-state index in [0.717, 1.165) is 45.1 Å². The summed E-state index contributed by atoms with van der Waals surface area (Å²) >= 11 is 0. The SMILES string of the molecule is Cc1cc(C)c(OP(Oc2ccc(C(C)(C)C)cc2C(C)(C)C)Oc2c(C)cc(C)cc2C)c(C)c1. The van der Waals surface area contributed by atoms with Crippen molar-refractivity contribution in [3.63, 3.8) is 0 Å². The highest BCUT2D eigenvalue weighted by Gasteiger charge is 2.29. The average molecular weight is 507 g/mol. The second-order valence-electron chi connectivity index (χ2n) is 12.2. The minimum absolute atomic E-state index is 0.0442. The van der Waals surface area contributed by atoms with Gasteiger partial charge in [-0.2, -0.15) is 0 Å². The van der Waals surface area contributed by atoms with Gasteiger partial charge in [-0.15, -0.1) is 0 Å². The van der Waals surface area contributed by atoms with Gasteiger partial charge in [-0.05, 0) is 86.3 Å². The molecule has 0 saturated carbocycles. The normalized spacial score (nSPS) is 12.1. The number of benzene rings is 3. The molecule has 0 fully saturated rings. The van der Waals surface area contributed by atoms with E-state index in [1.807, 2.05) is 0 Å². The Balaban J connectivity index is 2.09. The average Bonchev–Trinajstić information content (AvgIpc) is 2.71. The van der Waals surface area contributed by atoms with Crippen molar-refractivity contribution in [1.82, 2.24) is 0 Å². The molecule has 0 aromatic heterocycles. The van der Waals surface area contributed by atoms with Crippen LogP contribution in [0, 0.1) is 41.5 Å². The van der Waals surface area contributed by atoms with E-state index in [1.54, 1.807) is 0 Å². The van der Waals surface area contributed by atoms with Gasteiger partial charge in [0.2, 0.25) is 0 Å². The van der Waals surface area contributed by atoms with Crippen molar-refractivity contribution in [3.8, 4) is 17.2 Å². The van der Waals surface area contributed by atoms with Gasteiger partial charge in [0.1, 0.15) is 17.2 Å². The molecule has 0 heterocycles. The molecule has 3 aromatic carbocycles. The monoisotopic (exact) mass is 506 g/mol. The molecule has 0 saturated heterocycles. The minimum Gasteiger partial charge on any atom is -0.408 e. The lowest BCUT2D eigenvalue weighted by atomic mass is 9.80. The van der Waals surface area contributed by atoms with E-state index in [0.29, 0.717) is 0 Å². The van der Waals surface area contributed by atoms with Crippen LogP contribution in [0.4, 0.5) is 0 Å². The fourth-order valence-corrected chi connectivity index (χ4v) is 5.87. The van der Waals surface area contributed by atoms with E-state index in [-0.39, 0.29) is 10.8 Å². The Kier molecular flexibility index (Phi) is 8.16. The maximum absolute atomic E-state index is 6.65. The van der Waals surface area contributed by atoms with Crippen LogP contribution in [0.3, 0.4) is 0 Å². The van der Waals surface area contributed by atoms with Crippen LogP contribution in [0.25, 0.3) is 0 Å². The Morgan fingerprint density at radius 1 is 0.528 bits per heavy atom. The lowest BCUT2D eigenvalue weighted by molar-refractivity contribution is 0.378. The van der Waals surface area contributed by atoms with E-state index in [2.05, 4.69) is 126 Å². The van der Waals surface area contributed by atoms with Crippen molar-refractivity contribution in [2.24, 2.45) is 0 Å². The van der Waals surface area contributed by atoms with Crippen LogP contribution in [-0.2, 0) is 10.8 Å². The third kappa shape index (κ3) is 6.62. The van der Waals surface area contributed by atoms with Crippen molar-refractivity contribution in [2.45, 2.75) is 93.9 Å². The summed E-state index contributed by atoms with van der Waals surface area (Å²) in [5.41, 5.74) is 9.07. The lowest BCUT2D eigenvalue weighted by Gasteiger charge is -2.28. The molecular formula is C32H43O3P. The van der Waals surface area contributed by atoms with E-state index in [4.69, 9.17) is 13.6 Å². The van der Waals surface area contributed by atoms with Gasteiger partial charge in [-0.3, -0.25) is 0 Å². The maximum atomic E-state index is 6.65. The molecule has 0 N–H and O–H groups in total. The molecule has 3 rings (SSSR count). The summed E-state index contributed by atoms with van der Waals surface area (Å²) in [4.78, 5) is 0. The van der Waals surface area contributed by atoms with Crippen molar-refractivity contribution in [1.29, 1.82) is 0 Å². The molecule has 0 aliphatic heterocycles. The molecule has 0 spiro atoms. The third-order valence-corrected chi connectivity index (χ3v) is 7.38. The molecule has 3 nitrogen and oxygen atoms in total. The Morgan fingerprint density at radius 2 is 0.944 bits per heavy atom. The number of hydrogen-bond acceptors (Lipinski definition) is 3. The van der Waals surface area contributed by atoms with E-state index >= 15 is 0 Å². The summed E-state index contributed by atoms with van der Waals surface area (Å²) in [6, 6.07) is 15.0. The molecule has 0 unspecified atom stereocenters. The second kappa shape index (κ2) is 10.5. The summed E-state index contributed by atoms with van der Waals surface area (Å²) in [5.74, 6) is 2.43. The van der Waals surface area contributed by atoms with Gasteiger partial charge in [-0.1, -0.05) is 89.1 Å². The Hall–Kier alpha value is -2.51. The summed E-state index contributed by atoms with van der Waals surface area (Å²) in [5, 5.41) is 0. The summed E-state index contributed by atoms with van der Waals surface area (Å²) in [7, 11) is -1.77. The standard InChI is InChI=1S/C32H43O3P/c1-20-15-22(3)29(23(4)16-20)34-36(35-30-24(5)17-21(2)18-25(30)6)33-28-14-13-26(31(7,8)9)19-27(28)32(10,11)12/h13-19H,1-12H3. The van der Waals surface area contributed by atoms with Crippen molar-refractivity contribution in [3.05, 3.63) is 87.0 Å². The number of hydrogen-bond donors (Lipinski definition) is 0. The van der Waals surface area contributed by atoms with E-state index < -0.39 is 8.60 Å². The van der Waals surface area contributed by atoms with Gasteiger partial charge in [0, 0.05) is 5.56 Å². The molecule has 3 aromatic rings. The van der Waals surface area contributed by atoms with Crippen molar-refractivity contribution in [2.75, 3.05) is 0 Å². The second-order valence-corrected chi connectivity index (χ2v) is 13.2. The van der Waals surface area contributed by atoms with Gasteiger partial charge in [0.05, 0.1) is 0 Å². The van der Waals surface area contributed by atoms with Crippen molar-refractivity contribution >= 4 is 8.60 Å². The summed E-state index contributed by atoms with van der Waals surface area (Å²) in [6.07, 6.45) is 0. The van der Waals surface area contributed by atoms with E-state index in [9.17, 15) is 0 Å². The zero-order chi connectivity index (χ0) is 27.0. The highest BCUT2D eigenvalue weighted by molar-refractivity contribution is 7.43. The van der Waals surface area contributed by atoms with Crippen LogP contribution in [0.2, 0.25) is 0 Å². The molecule has 36 heavy (non-hydrogen) atoms. The molecule has 194 valence electrons. The van der Waals surface area contributed by atoms with Crippen LogP contribution < -0.4 is 13.6 Å². The first kappa shape index (κ1) is 28.1. The molecular weight excluding hydrogens is 463 g/mol. The highest BCUT2D eigenvalue weighted by atomic mass is 31.2. The molecule has 0 aliphatic rings. The van der Waals surface area contributed by atoms with Crippen LogP contribution in [0.1, 0.15) is 86.1 Å². The van der Waals surface area contributed by atoms with E-state index in [1.165, 1.54) is 16.7 Å². The first-order chi connectivity index (χ1) is 16.6. The number of rotatable bonds is 6. The lowest BCUT2D eigenvalue weighted by Crippen LogP contribution is -2.18. The summed E-state index contributed by atoms with van der Waals surface area (Å²) in [6.45, 7) is 25.9. The quantitative estimate of drug-likeness (QED) is 0.311. The predicted molar refractivity (Wildman–Crippen MR) is 154 cm³/mol. The fourth-order valence-electron chi connectivity index (χ4n) is 4.57.